The molecule has 0 saturated carbocycles. The second-order valence-electron chi connectivity index (χ2n) is 5.65. The number of ether oxygens (including phenoxy) is 1. The molecule has 21 heavy (non-hydrogen) atoms. The summed E-state index contributed by atoms with van der Waals surface area (Å²) in [6.07, 6.45) is 1.91. The summed E-state index contributed by atoms with van der Waals surface area (Å²) >= 11 is 12.2. The molecule has 1 aliphatic heterocycles. The van der Waals surface area contributed by atoms with E-state index >= 15 is 0 Å². The highest BCUT2D eigenvalue weighted by atomic mass is 35.5. The van der Waals surface area contributed by atoms with E-state index in [0.29, 0.717) is 22.5 Å². The Morgan fingerprint density at radius 2 is 2.05 bits per heavy atom. The molecule has 0 aliphatic carbocycles. The van der Waals surface area contributed by atoms with Crippen molar-refractivity contribution in [1.29, 1.82) is 0 Å². The fourth-order valence-electron chi connectivity index (χ4n) is 2.77. The Morgan fingerprint density at radius 3 is 2.71 bits per heavy atom. The Labute approximate surface area is 136 Å². The molecule has 1 atom stereocenters. The molecule has 0 radical (unpaired) electrons. The van der Waals surface area contributed by atoms with Crippen LogP contribution in [-0.4, -0.2) is 31.1 Å². The Hall–Kier alpha value is -0.770. The lowest BCUT2D eigenvalue weighted by Gasteiger charge is -2.30. The number of benzene rings is 1. The van der Waals surface area contributed by atoms with Crippen molar-refractivity contribution in [3.05, 3.63) is 33.8 Å². The maximum absolute atomic E-state index is 12.6. The van der Waals surface area contributed by atoms with Crippen LogP contribution in [0.25, 0.3) is 0 Å². The first-order valence-corrected chi connectivity index (χ1v) is 8.02. The molecule has 5 heteroatoms. The van der Waals surface area contributed by atoms with Crippen molar-refractivity contribution in [3.8, 4) is 0 Å². The van der Waals surface area contributed by atoms with Gasteiger partial charge in [0.15, 0.2) is 0 Å². The highest BCUT2D eigenvalue weighted by Crippen LogP contribution is 2.28. The number of amides is 1. The summed E-state index contributed by atoms with van der Waals surface area (Å²) in [5.74, 6) is 0.568. The molecule has 1 saturated heterocycles. The van der Waals surface area contributed by atoms with Gasteiger partial charge in [-0.15, -0.1) is 0 Å². The van der Waals surface area contributed by atoms with Crippen molar-refractivity contribution in [3.63, 3.8) is 0 Å². The maximum Gasteiger partial charge on any atom is 0.225 e. The third kappa shape index (κ3) is 4.12. The van der Waals surface area contributed by atoms with E-state index in [1.165, 1.54) is 0 Å². The molecule has 0 N–H and O–H groups in total. The largest absolute Gasteiger partial charge is 0.381 e. The van der Waals surface area contributed by atoms with Gasteiger partial charge in [0.05, 0.1) is 10.0 Å². The molecule has 1 aliphatic rings. The lowest BCUT2D eigenvalue weighted by Crippen LogP contribution is -2.36. The van der Waals surface area contributed by atoms with Gasteiger partial charge in [-0.2, -0.15) is 0 Å². The molecule has 0 aromatic heterocycles. The van der Waals surface area contributed by atoms with Crippen molar-refractivity contribution in [1.82, 2.24) is 4.90 Å². The zero-order chi connectivity index (χ0) is 15.4. The summed E-state index contributed by atoms with van der Waals surface area (Å²) in [4.78, 5) is 14.3. The van der Waals surface area contributed by atoms with Crippen molar-refractivity contribution in [2.75, 3.05) is 20.3 Å². The molecule has 0 bridgehead atoms. The summed E-state index contributed by atoms with van der Waals surface area (Å²) in [6, 6.07) is 5.50. The summed E-state index contributed by atoms with van der Waals surface area (Å²) in [6.45, 7) is 4.00. The highest BCUT2D eigenvalue weighted by molar-refractivity contribution is 6.42. The predicted molar refractivity (Wildman–Crippen MR) is 85.6 cm³/mol. The van der Waals surface area contributed by atoms with E-state index in [1.807, 2.05) is 26.1 Å². The van der Waals surface area contributed by atoms with Crippen LogP contribution in [0.15, 0.2) is 18.2 Å². The first kappa shape index (κ1) is 16.6. The van der Waals surface area contributed by atoms with E-state index in [-0.39, 0.29) is 11.8 Å². The van der Waals surface area contributed by atoms with Crippen LogP contribution in [0, 0.1) is 11.8 Å². The van der Waals surface area contributed by atoms with Gasteiger partial charge in [0, 0.05) is 32.7 Å². The molecule has 0 spiro atoms. The molecular formula is C16H21Cl2NO2. The average molecular weight is 330 g/mol. The number of hydrogen-bond donors (Lipinski definition) is 0. The van der Waals surface area contributed by atoms with Crippen molar-refractivity contribution in [2.45, 2.75) is 26.3 Å². The number of halogens is 2. The summed E-state index contributed by atoms with van der Waals surface area (Å²) in [7, 11) is 1.81. The van der Waals surface area contributed by atoms with Crippen LogP contribution in [-0.2, 0) is 16.1 Å². The SMILES string of the molecule is CC(C(=O)N(C)Cc1cccc(Cl)c1Cl)C1CCOCC1. The van der Waals surface area contributed by atoms with Gasteiger partial charge in [-0.1, -0.05) is 42.3 Å². The molecule has 1 heterocycles. The first-order valence-electron chi connectivity index (χ1n) is 7.26. The second-order valence-corrected chi connectivity index (χ2v) is 6.43. The molecule has 1 amide bonds. The standard InChI is InChI=1S/C16H21Cl2NO2/c1-11(12-6-8-21-9-7-12)16(20)19(2)10-13-4-3-5-14(17)15(13)18/h3-5,11-12H,6-10H2,1-2H3. The average Bonchev–Trinajstić information content (AvgIpc) is 2.51. The minimum Gasteiger partial charge on any atom is -0.381 e. The molecule has 1 fully saturated rings. The zero-order valence-corrected chi connectivity index (χ0v) is 14.0. The van der Waals surface area contributed by atoms with Crippen LogP contribution < -0.4 is 0 Å². The fourth-order valence-corrected chi connectivity index (χ4v) is 3.15. The molecule has 1 aromatic rings. The number of nitrogens with zero attached hydrogens (tertiary/aromatic N) is 1. The van der Waals surface area contributed by atoms with E-state index in [9.17, 15) is 4.79 Å². The Balaban J connectivity index is 2.00. The summed E-state index contributed by atoms with van der Waals surface area (Å²) in [5.41, 5.74) is 0.874. The van der Waals surface area contributed by atoms with E-state index < -0.39 is 0 Å². The zero-order valence-electron chi connectivity index (χ0n) is 12.4. The van der Waals surface area contributed by atoms with Crippen molar-refractivity contribution < 1.29 is 9.53 Å². The molecule has 3 nitrogen and oxygen atoms in total. The Morgan fingerprint density at radius 1 is 1.38 bits per heavy atom. The second kappa shape index (κ2) is 7.48. The van der Waals surface area contributed by atoms with E-state index in [1.54, 1.807) is 11.0 Å². The van der Waals surface area contributed by atoms with Crippen LogP contribution in [0.3, 0.4) is 0 Å². The molecule has 116 valence electrons. The molecular weight excluding hydrogens is 309 g/mol. The van der Waals surface area contributed by atoms with Crippen LogP contribution in [0.2, 0.25) is 10.0 Å². The van der Waals surface area contributed by atoms with Crippen LogP contribution in [0.1, 0.15) is 25.3 Å². The fraction of sp³-hybridized carbons (Fsp3) is 0.562. The summed E-state index contributed by atoms with van der Waals surface area (Å²) < 4.78 is 5.36. The lowest BCUT2D eigenvalue weighted by molar-refractivity contribution is -0.137. The number of carbonyl (C=O) groups excluding carboxylic acids is 1. The third-order valence-corrected chi connectivity index (χ3v) is 5.04. The molecule has 1 aromatic carbocycles. The van der Waals surface area contributed by atoms with E-state index in [2.05, 4.69) is 0 Å². The Kier molecular flexibility index (Phi) is 5.91. The topological polar surface area (TPSA) is 29.5 Å². The Bertz CT molecular complexity index is 501. The van der Waals surface area contributed by atoms with Gasteiger partial charge in [0.1, 0.15) is 0 Å². The van der Waals surface area contributed by atoms with E-state index in [0.717, 1.165) is 31.6 Å². The predicted octanol–water partition coefficient (Wildman–Crippen LogP) is 4.01. The van der Waals surface area contributed by atoms with Gasteiger partial charge in [0.25, 0.3) is 0 Å². The van der Waals surface area contributed by atoms with Gasteiger partial charge in [-0.05, 0) is 30.4 Å². The molecule has 1 unspecified atom stereocenters. The number of hydrogen-bond acceptors (Lipinski definition) is 2. The van der Waals surface area contributed by atoms with E-state index in [4.69, 9.17) is 27.9 Å². The van der Waals surface area contributed by atoms with Gasteiger partial charge in [-0.25, -0.2) is 0 Å². The van der Waals surface area contributed by atoms with Crippen molar-refractivity contribution in [2.24, 2.45) is 11.8 Å². The summed E-state index contributed by atoms with van der Waals surface area (Å²) in [5, 5.41) is 1.05. The monoisotopic (exact) mass is 329 g/mol. The van der Waals surface area contributed by atoms with Crippen molar-refractivity contribution >= 4 is 29.1 Å². The van der Waals surface area contributed by atoms with Crippen LogP contribution in [0.5, 0.6) is 0 Å². The first-order chi connectivity index (χ1) is 10.0. The maximum atomic E-state index is 12.6. The van der Waals surface area contributed by atoms with Crippen LogP contribution in [0.4, 0.5) is 0 Å². The van der Waals surface area contributed by atoms with Gasteiger partial charge >= 0.3 is 0 Å². The highest BCUT2D eigenvalue weighted by Gasteiger charge is 2.28. The van der Waals surface area contributed by atoms with Gasteiger partial charge in [-0.3, -0.25) is 4.79 Å². The molecule has 2 rings (SSSR count). The van der Waals surface area contributed by atoms with Gasteiger partial charge in [0.2, 0.25) is 5.91 Å². The normalized spacial score (nSPS) is 17.5. The number of carbonyl (C=O) groups is 1. The van der Waals surface area contributed by atoms with Crippen LogP contribution >= 0.6 is 23.2 Å². The minimum atomic E-state index is 0.0110. The minimum absolute atomic E-state index is 0.0110. The third-order valence-electron chi connectivity index (χ3n) is 4.18. The smallest absolute Gasteiger partial charge is 0.225 e. The lowest BCUT2D eigenvalue weighted by atomic mass is 9.86. The van der Waals surface area contributed by atoms with Gasteiger partial charge < -0.3 is 9.64 Å². The number of rotatable bonds is 4. The quantitative estimate of drug-likeness (QED) is 0.835.